The summed E-state index contributed by atoms with van der Waals surface area (Å²) in [7, 11) is 0. The van der Waals surface area contributed by atoms with Gasteiger partial charge in [0.2, 0.25) is 0 Å². The van der Waals surface area contributed by atoms with Gasteiger partial charge in [-0.2, -0.15) is 0 Å². The predicted octanol–water partition coefficient (Wildman–Crippen LogP) is 2.41. The lowest BCUT2D eigenvalue weighted by atomic mass is 10.1. The molecule has 0 saturated heterocycles. The molecule has 7 nitrogen and oxygen atoms in total. The minimum absolute atomic E-state index is 0.0896. The Kier molecular flexibility index (Phi) is 7.84. The third-order valence-corrected chi connectivity index (χ3v) is 5.76. The maximum absolute atomic E-state index is 12.0. The van der Waals surface area contributed by atoms with Gasteiger partial charge in [-0.3, -0.25) is 4.99 Å². The summed E-state index contributed by atoms with van der Waals surface area (Å²) in [5.41, 5.74) is 0.688. The molecule has 3 N–H and O–H groups in total. The fraction of sp³-hybridized carbons (Fsp3) is 0.722. The molecule has 0 bridgehead atoms. The summed E-state index contributed by atoms with van der Waals surface area (Å²) in [6.07, 6.45) is 2.72. The maximum atomic E-state index is 12.0. The minimum Gasteiger partial charge on any atom is -0.462 e. The smallest absolute Gasteiger partial charge is 0.350 e. The first kappa shape index (κ1) is 20.6. The van der Waals surface area contributed by atoms with Crippen molar-refractivity contribution in [1.29, 1.82) is 0 Å². The standard InChI is InChI=1S/C18H30N4O3S/c1-5-19-18(20-10-13-8-7-9-14(13)23)22-12(4)16-21-11(3)15(26-16)17(24)25-6-2/h12-14,23H,5-10H2,1-4H3,(H2,19,20,22). The first-order chi connectivity index (χ1) is 12.5. The fourth-order valence-corrected chi connectivity index (χ4v) is 3.98. The van der Waals surface area contributed by atoms with Crippen LogP contribution in [0.2, 0.25) is 0 Å². The van der Waals surface area contributed by atoms with Crippen molar-refractivity contribution in [1.82, 2.24) is 15.6 Å². The summed E-state index contributed by atoms with van der Waals surface area (Å²) in [5.74, 6) is 0.611. The van der Waals surface area contributed by atoms with E-state index in [-0.39, 0.29) is 24.0 Å². The van der Waals surface area contributed by atoms with Crippen molar-refractivity contribution in [2.75, 3.05) is 19.7 Å². The second kappa shape index (κ2) is 9.87. The van der Waals surface area contributed by atoms with E-state index in [4.69, 9.17) is 4.74 Å². The molecule has 8 heteroatoms. The van der Waals surface area contributed by atoms with E-state index < -0.39 is 0 Å². The molecule has 0 aromatic carbocycles. The molecule has 1 saturated carbocycles. The second-order valence-electron chi connectivity index (χ2n) is 6.53. The maximum Gasteiger partial charge on any atom is 0.350 e. The Morgan fingerprint density at radius 3 is 2.85 bits per heavy atom. The van der Waals surface area contributed by atoms with Crippen LogP contribution in [0, 0.1) is 12.8 Å². The van der Waals surface area contributed by atoms with Gasteiger partial charge in [0.25, 0.3) is 0 Å². The van der Waals surface area contributed by atoms with Crippen LogP contribution in [-0.2, 0) is 4.74 Å². The number of carbonyl (C=O) groups is 1. The van der Waals surface area contributed by atoms with Crippen LogP contribution in [0.1, 0.15) is 66.4 Å². The van der Waals surface area contributed by atoms with E-state index in [1.165, 1.54) is 11.3 Å². The van der Waals surface area contributed by atoms with Gasteiger partial charge in [0.15, 0.2) is 5.96 Å². The average molecular weight is 383 g/mol. The van der Waals surface area contributed by atoms with E-state index in [0.717, 1.165) is 30.8 Å². The van der Waals surface area contributed by atoms with Crippen molar-refractivity contribution in [2.24, 2.45) is 10.9 Å². The van der Waals surface area contributed by atoms with E-state index in [2.05, 4.69) is 20.6 Å². The van der Waals surface area contributed by atoms with Gasteiger partial charge in [-0.25, -0.2) is 9.78 Å². The third kappa shape index (κ3) is 5.41. The zero-order valence-electron chi connectivity index (χ0n) is 16.0. The summed E-state index contributed by atoms with van der Waals surface area (Å²) in [6.45, 7) is 9.32. The number of aromatic nitrogens is 1. The van der Waals surface area contributed by atoms with Crippen LogP contribution < -0.4 is 10.6 Å². The Labute approximate surface area is 159 Å². The van der Waals surface area contributed by atoms with E-state index in [9.17, 15) is 9.90 Å². The van der Waals surface area contributed by atoms with Crippen molar-refractivity contribution < 1.29 is 14.6 Å². The van der Waals surface area contributed by atoms with Gasteiger partial charge in [-0.1, -0.05) is 6.42 Å². The van der Waals surface area contributed by atoms with Gasteiger partial charge in [-0.05, 0) is 40.5 Å². The number of hydrogen-bond donors (Lipinski definition) is 3. The Morgan fingerprint density at radius 2 is 2.23 bits per heavy atom. The lowest BCUT2D eigenvalue weighted by Gasteiger charge is -2.17. The number of aliphatic hydroxyl groups excluding tert-OH is 1. The van der Waals surface area contributed by atoms with Crippen LogP contribution in [-0.4, -0.2) is 47.8 Å². The Morgan fingerprint density at radius 1 is 1.46 bits per heavy atom. The molecule has 1 aromatic rings. The van der Waals surface area contributed by atoms with Gasteiger partial charge in [0, 0.05) is 19.0 Å². The SMILES string of the molecule is CCNC(=NCC1CCCC1O)NC(C)c1nc(C)c(C(=O)OCC)s1. The highest BCUT2D eigenvalue weighted by molar-refractivity contribution is 7.13. The molecular weight excluding hydrogens is 352 g/mol. The number of esters is 1. The molecule has 1 heterocycles. The molecule has 26 heavy (non-hydrogen) atoms. The van der Waals surface area contributed by atoms with Crippen molar-refractivity contribution >= 4 is 23.3 Å². The van der Waals surface area contributed by atoms with Gasteiger partial charge < -0.3 is 20.5 Å². The molecule has 3 unspecified atom stereocenters. The molecule has 3 atom stereocenters. The van der Waals surface area contributed by atoms with E-state index >= 15 is 0 Å². The highest BCUT2D eigenvalue weighted by Crippen LogP contribution is 2.26. The fourth-order valence-electron chi connectivity index (χ4n) is 3.01. The van der Waals surface area contributed by atoms with Crippen molar-refractivity contribution in [2.45, 2.75) is 59.1 Å². The number of aliphatic imine (C=N–C) groups is 1. The third-order valence-electron chi connectivity index (χ3n) is 4.44. The molecule has 0 spiro atoms. The summed E-state index contributed by atoms with van der Waals surface area (Å²) in [4.78, 5) is 21.7. The Hall–Kier alpha value is -1.67. The van der Waals surface area contributed by atoms with Crippen LogP contribution in [0.4, 0.5) is 0 Å². The molecule has 0 radical (unpaired) electrons. The molecule has 146 valence electrons. The molecule has 2 rings (SSSR count). The number of nitrogens with one attached hydrogen (secondary N) is 2. The lowest BCUT2D eigenvalue weighted by molar-refractivity contribution is 0.0531. The number of rotatable bonds is 7. The predicted molar refractivity (Wildman–Crippen MR) is 104 cm³/mol. The monoisotopic (exact) mass is 382 g/mol. The molecule has 0 amide bonds. The number of ether oxygens (including phenoxy) is 1. The number of carbonyl (C=O) groups excluding carboxylic acids is 1. The van der Waals surface area contributed by atoms with Gasteiger partial charge in [0.05, 0.1) is 24.4 Å². The highest BCUT2D eigenvalue weighted by Gasteiger charge is 2.25. The van der Waals surface area contributed by atoms with Crippen LogP contribution in [0.25, 0.3) is 0 Å². The van der Waals surface area contributed by atoms with Gasteiger partial charge >= 0.3 is 5.97 Å². The minimum atomic E-state index is -0.322. The van der Waals surface area contributed by atoms with Crippen LogP contribution >= 0.6 is 11.3 Å². The average Bonchev–Trinajstić information content (AvgIpc) is 3.19. The summed E-state index contributed by atoms with van der Waals surface area (Å²) in [6, 6.07) is -0.0896. The van der Waals surface area contributed by atoms with Gasteiger partial charge in [-0.15, -0.1) is 11.3 Å². The first-order valence-corrected chi connectivity index (χ1v) is 10.1. The summed E-state index contributed by atoms with van der Waals surface area (Å²) < 4.78 is 5.08. The summed E-state index contributed by atoms with van der Waals surface area (Å²) >= 11 is 1.35. The van der Waals surface area contributed by atoms with Crippen LogP contribution in [0.3, 0.4) is 0 Å². The quantitative estimate of drug-likeness (QED) is 0.381. The van der Waals surface area contributed by atoms with E-state index in [1.807, 2.05) is 20.8 Å². The van der Waals surface area contributed by atoms with Crippen molar-refractivity contribution in [3.8, 4) is 0 Å². The Balaban J connectivity index is 2.03. The zero-order chi connectivity index (χ0) is 19.1. The number of hydrogen-bond acceptors (Lipinski definition) is 6. The molecular formula is C18H30N4O3S. The lowest BCUT2D eigenvalue weighted by Crippen LogP contribution is -2.39. The molecule has 1 fully saturated rings. The first-order valence-electron chi connectivity index (χ1n) is 9.33. The summed E-state index contributed by atoms with van der Waals surface area (Å²) in [5, 5.41) is 17.3. The number of aryl methyl sites for hydroxylation is 1. The Bertz CT molecular complexity index is 632. The zero-order valence-corrected chi connectivity index (χ0v) is 16.9. The molecule has 1 aliphatic rings. The van der Waals surface area contributed by atoms with E-state index in [0.29, 0.717) is 29.7 Å². The van der Waals surface area contributed by atoms with Crippen molar-refractivity contribution in [3.63, 3.8) is 0 Å². The van der Waals surface area contributed by atoms with Gasteiger partial charge in [0.1, 0.15) is 9.88 Å². The normalized spacial score (nSPS) is 21.5. The molecule has 0 aliphatic heterocycles. The number of aliphatic hydroxyl groups is 1. The van der Waals surface area contributed by atoms with E-state index in [1.54, 1.807) is 6.92 Å². The van der Waals surface area contributed by atoms with Crippen molar-refractivity contribution in [3.05, 3.63) is 15.6 Å². The van der Waals surface area contributed by atoms with Crippen LogP contribution in [0.15, 0.2) is 4.99 Å². The molecule has 1 aliphatic carbocycles. The highest BCUT2D eigenvalue weighted by atomic mass is 32.1. The second-order valence-corrected chi connectivity index (χ2v) is 7.56. The number of nitrogens with zero attached hydrogens (tertiary/aromatic N) is 2. The topological polar surface area (TPSA) is 95.8 Å². The molecule has 1 aromatic heterocycles. The number of guanidine groups is 1. The number of thiazole rings is 1. The largest absolute Gasteiger partial charge is 0.462 e. The van der Waals surface area contributed by atoms with Crippen LogP contribution in [0.5, 0.6) is 0 Å².